The van der Waals surface area contributed by atoms with Gasteiger partial charge in [-0.15, -0.1) is 0 Å². The summed E-state index contributed by atoms with van der Waals surface area (Å²) in [5.74, 6) is -0.0673. The molecule has 5 nitrogen and oxygen atoms in total. The fourth-order valence-electron chi connectivity index (χ4n) is 2.92. The predicted molar refractivity (Wildman–Crippen MR) is 109 cm³/mol. The van der Waals surface area contributed by atoms with Gasteiger partial charge in [0.25, 0.3) is 0 Å². The van der Waals surface area contributed by atoms with E-state index >= 15 is 0 Å². The van der Waals surface area contributed by atoms with Gasteiger partial charge in [0.15, 0.2) is 6.29 Å². The van der Waals surface area contributed by atoms with E-state index in [0.717, 1.165) is 22.4 Å². The molecule has 0 aromatic heterocycles. The van der Waals surface area contributed by atoms with Crippen LogP contribution >= 0.6 is 0 Å². The summed E-state index contributed by atoms with van der Waals surface area (Å²) in [6.45, 7) is 6.60. The number of carbonyl (C=O) groups is 1. The highest BCUT2D eigenvalue weighted by Gasteiger charge is 2.17. The van der Waals surface area contributed by atoms with E-state index in [-0.39, 0.29) is 18.2 Å². The summed E-state index contributed by atoms with van der Waals surface area (Å²) in [4.78, 5) is 13.8. The Morgan fingerprint density at radius 3 is 1.74 bits per heavy atom. The SMILES string of the molecule is CCOC(OCC)c1ccc(C(NC(C)=O)c2ccc(N(C)C)cc2)cc1. The number of rotatable bonds is 9. The van der Waals surface area contributed by atoms with Crippen LogP contribution in [0.5, 0.6) is 0 Å². The monoisotopic (exact) mass is 370 g/mol. The topological polar surface area (TPSA) is 50.8 Å². The van der Waals surface area contributed by atoms with Gasteiger partial charge in [0.05, 0.1) is 6.04 Å². The Morgan fingerprint density at radius 1 is 0.889 bits per heavy atom. The van der Waals surface area contributed by atoms with Gasteiger partial charge in [-0.05, 0) is 37.1 Å². The number of nitrogens with zero attached hydrogens (tertiary/aromatic N) is 1. The Kier molecular flexibility index (Phi) is 7.82. The van der Waals surface area contributed by atoms with Gasteiger partial charge >= 0.3 is 0 Å². The van der Waals surface area contributed by atoms with E-state index in [2.05, 4.69) is 17.4 Å². The zero-order chi connectivity index (χ0) is 19.8. The van der Waals surface area contributed by atoms with Crippen LogP contribution in [0.4, 0.5) is 5.69 Å². The van der Waals surface area contributed by atoms with E-state index in [9.17, 15) is 4.79 Å². The minimum atomic E-state index is -0.368. The van der Waals surface area contributed by atoms with Crippen molar-refractivity contribution in [1.29, 1.82) is 0 Å². The average molecular weight is 370 g/mol. The van der Waals surface area contributed by atoms with Crippen LogP contribution in [0.15, 0.2) is 48.5 Å². The molecule has 0 saturated carbocycles. The molecule has 2 aromatic rings. The molecule has 2 rings (SSSR count). The van der Waals surface area contributed by atoms with Crippen molar-refractivity contribution in [3.63, 3.8) is 0 Å². The van der Waals surface area contributed by atoms with E-state index < -0.39 is 0 Å². The van der Waals surface area contributed by atoms with Crippen molar-refractivity contribution in [3.8, 4) is 0 Å². The molecule has 27 heavy (non-hydrogen) atoms. The van der Waals surface area contributed by atoms with Crippen LogP contribution in [0.3, 0.4) is 0 Å². The van der Waals surface area contributed by atoms with Crippen molar-refractivity contribution in [2.45, 2.75) is 33.1 Å². The van der Waals surface area contributed by atoms with Gasteiger partial charge < -0.3 is 19.7 Å². The maximum atomic E-state index is 11.8. The summed E-state index contributed by atoms with van der Waals surface area (Å²) in [6.07, 6.45) is -0.368. The number of hydrogen-bond donors (Lipinski definition) is 1. The minimum Gasteiger partial charge on any atom is -0.378 e. The van der Waals surface area contributed by atoms with Crippen molar-refractivity contribution in [2.75, 3.05) is 32.2 Å². The Labute approximate surface area is 162 Å². The van der Waals surface area contributed by atoms with Crippen LogP contribution in [0.25, 0.3) is 0 Å². The van der Waals surface area contributed by atoms with Crippen molar-refractivity contribution >= 4 is 11.6 Å². The molecule has 0 aliphatic heterocycles. The number of hydrogen-bond acceptors (Lipinski definition) is 4. The lowest BCUT2D eigenvalue weighted by Gasteiger charge is -2.22. The standard InChI is InChI=1S/C22H30N2O3/c1-6-26-22(27-7-2)19-10-8-17(9-11-19)21(23-16(3)25)18-12-14-20(15-13-18)24(4)5/h8-15,21-22H,6-7H2,1-5H3,(H,23,25). The zero-order valence-electron chi connectivity index (χ0n) is 16.9. The van der Waals surface area contributed by atoms with Crippen LogP contribution in [-0.4, -0.2) is 33.2 Å². The first kappa shape index (κ1) is 20.9. The smallest absolute Gasteiger partial charge is 0.217 e. The maximum absolute atomic E-state index is 11.8. The molecule has 0 bridgehead atoms. The molecule has 0 fully saturated rings. The fourth-order valence-corrected chi connectivity index (χ4v) is 2.92. The largest absolute Gasteiger partial charge is 0.378 e. The number of anilines is 1. The molecule has 0 aliphatic rings. The first-order valence-electron chi connectivity index (χ1n) is 9.33. The van der Waals surface area contributed by atoms with Gasteiger partial charge in [-0.3, -0.25) is 4.79 Å². The highest BCUT2D eigenvalue weighted by atomic mass is 16.7. The van der Waals surface area contributed by atoms with Crippen molar-refractivity contribution < 1.29 is 14.3 Å². The Balaban J connectivity index is 2.29. The summed E-state index contributed by atoms with van der Waals surface area (Å²) in [5.41, 5.74) is 4.13. The van der Waals surface area contributed by atoms with Gasteiger partial charge in [-0.1, -0.05) is 36.4 Å². The minimum absolute atomic E-state index is 0.0673. The van der Waals surface area contributed by atoms with Gasteiger partial charge in [-0.25, -0.2) is 0 Å². The van der Waals surface area contributed by atoms with Crippen molar-refractivity contribution in [3.05, 3.63) is 65.2 Å². The molecule has 0 spiro atoms. The molecule has 1 unspecified atom stereocenters. The summed E-state index contributed by atoms with van der Waals surface area (Å²) < 4.78 is 11.3. The third kappa shape index (κ3) is 5.81. The summed E-state index contributed by atoms with van der Waals surface area (Å²) >= 11 is 0. The number of benzene rings is 2. The first-order chi connectivity index (χ1) is 13.0. The lowest BCUT2D eigenvalue weighted by atomic mass is 9.97. The third-order valence-electron chi connectivity index (χ3n) is 4.27. The number of carbonyl (C=O) groups excluding carboxylic acids is 1. The molecule has 0 heterocycles. The molecule has 1 amide bonds. The number of amides is 1. The van der Waals surface area contributed by atoms with E-state index in [4.69, 9.17) is 9.47 Å². The van der Waals surface area contributed by atoms with Gasteiger partial charge in [0.1, 0.15) is 0 Å². The lowest BCUT2D eigenvalue weighted by Crippen LogP contribution is -2.27. The molecular weight excluding hydrogens is 340 g/mol. The van der Waals surface area contributed by atoms with Crippen LogP contribution in [0.1, 0.15) is 49.8 Å². The molecule has 5 heteroatoms. The normalized spacial score (nSPS) is 12.1. The van der Waals surface area contributed by atoms with Crippen LogP contribution in [-0.2, 0) is 14.3 Å². The Morgan fingerprint density at radius 2 is 1.33 bits per heavy atom. The van der Waals surface area contributed by atoms with Crippen LogP contribution < -0.4 is 10.2 Å². The second-order valence-electron chi connectivity index (χ2n) is 6.53. The van der Waals surface area contributed by atoms with Gasteiger partial charge in [-0.2, -0.15) is 0 Å². The molecule has 2 aromatic carbocycles. The van der Waals surface area contributed by atoms with E-state index in [0.29, 0.717) is 13.2 Å². The lowest BCUT2D eigenvalue weighted by molar-refractivity contribution is -0.140. The predicted octanol–water partition coefficient (Wildman–Crippen LogP) is 4.05. The Bertz CT molecular complexity index is 705. The number of ether oxygens (including phenoxy) is 2. The fraction of sp³-hybridized carbons (Fsp3) is 0.409. The maximum Gasteiger partial charge on any atom is 0.217 e. The third-order valence-corrected chi connectivity index (χ3v) is 4.27. The van der Waals surface area contributed by atoms with Crippen LogP contribution in [0, 0.1) is 0 Å². The molecule has 0 saturated heterocycles. The Hall–Kier alpha value is -2.37. The molecular formula is C22H30N2O3. The summed E-state index contributed by atoms with van der Waals surface area (Å²) in [7, 11) is 4.01. The highest BCUT2D eigenvalue weighted by Crippen LogP contribution is 2.27. The van der Waals surface area contributed by atoms with E-state index in [1.54, 1.807) is 0 Å². The van der Waals surface area contributed by atoms with Gasteiger partial charge in [0, 0.05) is 45.5 Å². The quantitative estimate of drug-likeness (QED) is 0.677. The molecule has 1 atom stereocenters. The van der Waals surface area contributed by atoms with Crippen LogP contribution in [0.2, 0.25) is 0 Å². The first-order valence-corrected chi connectivity index (χ1v) is 9.33. The molecule has 1 N–H and O–H groups in total. The second kappa shape index (κ2) is 10.1. The van der Waals surface area contributed by atoms with Crippen molar-refractivity contribution in [2.24, 2.45) is 0 Å². The summed E-state index contributed by atoms with van der Waals surface area (Å²) in [6, 6.07) is 16.0. The van der Waals surface area contributed by atoms with E-state index in [1.165, 1.54) is 6.92 Å². The highest BCUT2D eigenvalue weighted by molar-refractivity contribution is 5.74. The average Bonchev–Trinajstić information content (AvgIpc) is 2.66. The second-order valence-corrected chi connectivity index (χ2v) is 6.53. The van der Waals surface area contributed by atoms with Gasteiger partial charge in [0.2, 0.25) is 5.91 Å². The number of nitrogens with one attached hydrogen (secondary N) is 1. The van der Waals surface area contributed by atoms with E-state index in [1.807, 2.05) is 69.2 Å². The molecule has 0 radical (unpaired) electrons. The summed E-state index contributed by atoms with van der Waals surface area (Å²) in [5, 5.41) is 3.05. The zero-order valence-corrected chi connectivity index (χ0v) is 16.9. The molecule has 0 aliphatic carbocycles. The molecule has 146 valence electrons. The van der Waals surface area contributed by atoms with Crippen molar-refractivity contribution in [1.82, 2.24) is 5.32 Å².